The standard InChI is InChI=1S/C23H23ClN4/c1-22(2,3)14-8-9-15-17(10-14)20(16-6-4-5-7-19(16)24)23(12-26,13-27)21(28)18(15)11-25/h4-7,9,14,17,20H,8,10,28H2,1-3H3/t14-,17-,20+/m0/s1. The molecule has 1 aromatic carbocycles. The molecule has 2 aliphatic carbocycles. The molecule has 0 saturated heterocycles. The van der Waals surface area contributed by atoms with Crippen molar-refractivity contribution in [2.24, 2.45) is 28.4 Å². The lowest BCUT2D eigenvalue weighted by Gasteiger charge is -2.47. The van der Waals surface area contributed by atoms with E-state index in [1.807, 2.05) is 18.2 Å². The van der Waals surface area contributed by atoms with Gasteiger partial charge in [0, 0.05) is 10.9 Å². The fourth-order valence-corrected chi connectivity index (χ4v) is 4.92. The van der Waals surface area contributed by atoms with Gasteiger partial charge in [-0.3, -0.25) is 0 Å². The zero-order valence-electron chi connectivity index (χ0n) is 16.3. The van der Waals surface area contributed by atoms with Crippen molar-refractivity contribution >= 4 is 11.6 Å². The summed E-state index contributed by atoms with van der Waals surface area (Å²) in [4.78, 5) is 0. The molecule has 0 spiro atoms. The van der Waals surface area contributed by atoms with Gasteiger partial charge in [-0.2, -0.15) is 15.8 Å². The maximum absolute atomic E-state index is 10.1. The lowest BCUT2D eigenvalue weighted by molar-refractivity contribution is 0.170. The first-order valence-corrected chi connectivity index (χ1v) is 9.76. The van der Waals surface area contributed by atoms with E-state index in [1.54, 1.807) is 6.07 Å². The van der Waals surface area contributed by atoms with E-state index < -0.39 is 11.3 Å². The zero-order valence-corrected chi connectivity index (χ0v) is 17.1. The van der Waals surface area contributed by atoms with Crippen LogP contribution in [0.4, 0.5) is 0 Å². The average Bonchev–Trinajstić information content (AvgIpc) is 2.67. The summed E-state index contributed by atoms with van der Waals surface area (Å²) in [6.45, 7) is 6.59. The largest absolute Gasteiger partial charge is 0.399 e. The fraction of sp³-hybridized carbons (Fsp3) is 0.435. The van der Waals surface area contributed by atoms with E-state index >= 15 is 0 Å². The molecule has 0 heterocycles. The Morgan fingerprint density at radius 3 is 2.32 bits per heavy atom. The molecule has 0 unspecified atom stereocenters. The molecule has 142 valence electrons. The first-order chi connectivity index (χ1) is 13.2. The van der Waals surface area contributed by atoms with Gasteiger partial charge >= 0.3 is 0 Å². The maximum Gasteiger partial charge on any atom is 0.191 e. The van der Waals surface area contributed by atoms with E-state index in [1.165, 1.54) is 0 Å². The number of hydrogen-bond donors (Lipinski definition) is 1. The first-order valence-electron chi connectivity index (χ1n) is 9.39. The summed E-state index contributed by atoms with van der Waals surface area (Å²) in [5.41, 5.74) is 6.67. The summed E-state index contributed by atoms with van der Waals surface area (Å²) in [5, 5.41) is 30.5. The van der Waals surface area contributed by atoms with Crippen LogP contribution >= 0.6 is 11.6 Å². The highest BCUT2D eigenvalue weighted by Crippen LogP contribution is 2.58. The molecule has 28 heavy (non-hydrogen) atoms. The number of benzene rings is 1. The fourth-order valence-electron chi connectivity index (χ4n) is 4.67. The highest BCUT2D eigenvalue weighted by Gasteiger charge is 2.55. The van der Waals surface area contributed by atoms with Gasteiger partial charge in [-0.05, 0) is 47.3 Å². The summed E-state index contributed by atoms with van der Waals surface area (Å²) in [5.74, 6) is -0.329. The molecule has 0 fully saturated rings. The van der Waals surface area contributed by atoms with Crippen LogP contribution in [0, 0.1) is 56.7 Å². The van der Waals surface area contributed by atoms with Gasteiger partial charge in [-0.1, -0.05) is 56.6 Å². The van der Waals surface area contributed by atoms with Crippen molar-refractivity contribution in [3.05, 3.63) is 57.8 Å². The SMILES string of the molecule is CC(C)(C)[C@H]1CC=C2C(C#N)=C(N)C(C#N)(C#N)[C@H](c3ccccc3Cl)[C@H]2C1. The van der Waals surface area contributed by atoms with Gasteiger partial charge in [0.25, 0.3) is 0 Å². The number of fused-ring (bicyclic) bond motifs is 1. The Hall–Kier alpha value is -2.74. The van der Waals surface area contributed by atoms with Crippen molar-refractivity contribution in [1.29, 1.82) is 15.8 Å². The van der Waals surface area contributed by atoms with Crippen LogP contribution in [0.2, 0.25) is 5.02 Å². The van der Waals surface area contributed by atoms with Gasteiger partial charge < -0.3 is 5.73 Å². The van der Waals surface area contributed by atoms with Crippen molar-refractivity contribution in [3.8, 4) is 18.2 Å². The summed E-state index contributed by atoms with van der Waals surface area (Å²) >= 11 is 6.51. The Labute approximate surface area is 171 Å². The molecule has 3 rings (SSSR count). The van der Waals surface area contributed by atoms with Gasteiger partial charge in [0.2, 0.25) is 0 Å². The normalized spacial score (nSPS) is 26.3. The minimum Gasteiger partial charge on any atom is -0.399 e. The Balaban J connectivity index is 2.33. The van der Waals surface area contributed by atoms with Gasteiger partial charge in [0.05, 0.1) is 23.4 Å². The molecule has 3 atom stereocenters. The van der Waals surface area contributed by atoms with Crippen LogP contribution in [-0.2, 0) is 0 Å². The van der Waals surface area contributed by atoms with Crippen LogP contribution in [0.1, 0.15) is 45.1 Å². The molecule has 5 heteroatoms. The highest BCUT2D eigenvalue weighted by molar-refractivity contribution is 6.31. The molecule has 2 N–H and O–H groups in total. The number of allylic oxidation sites excluding steroid dienone is 4. The van der Waals surface area contributed by atoms with E-state index in [0.717, 1.165) is 24.0 Å². The molecule has 0 aliphatic heterocycles. The van der Waals surface area contributed by atoms with Crippen molar-refractivity contribution in [2.75, 3.05) is 0 Å². The van der Waals surface area contributed by atoms with Gasteiger partial charge in [-0.15, -0.1) is 0 Å². The topological polar surface area (TPSA) is 97.4 Å². The Morgan fingerprint density at radius 1 is 1.14 bits per heavy atom. The zero-order chi connectivity index (χ0) is 20.7. The van der Waals surface area contributed by atoms with Crippen LogP contribution in [0.3, 0.4) is 0 Å². The Kier molecular flexibility index (Phi) is 5.01. The Bertz CT molecular complexity index is 977. The van der Waals surface area contributed by atoms with Crippen LogP contribution in [0.15, 0.2) is 47.2 Å². The van der Waals surface area contributed by atoms with Crippen molar-refractivity contribution in [3.63, 3.8) is 0 Å². The number of nitrogens with zero attached hydrogens (tertiary/aromatic N) is 3. The van der Waals surface area contributed by atoms with Crippen molar-refractivity contribution < 1.29 is 0 Å². The van der Waals surface area contributed by atoms with E-state index in [4.69, 9.17) is 17.3 Å². The molecular formula is C23H23ClN4. The quantitative estimate of drug-likeness (QED) is 0.711. The molecule has 0 amide bonds. The van der Waals surface area contributed by atoms with Gasteiger partial charge in [-0.25, -0.2) is 0 Å². The number of halogens is 1. The molecule has 2 aliphatic rings. The first kappa shape index (κ1) is 20.0. The molecular weight excluding hydrogens is 368 g/mol. The molecule has 0 aromatic heterocycles. The lowest BCUT2D eigenvalue weighted by atomic mass is 9.54. The molecule has 0 saturated carbocycles. The number of nitrogens with two attached hydrogens (primary N) is 1. The Morgan fingerprint density at radius 2 is 1.79 bits per heavy atom. The third-order valence-electron chi connectivity index (χ3n) is 6.34. The highest BCUT2D eigenvalue weighted by atomic mass is 35.5. The second-order valence-corrected chi connectivity index (χ2v) is 9.14. The van der Waals surface area contributed by atoms with E-state index in [0.29, 0.717) is 10.9 Å². The molecule has 1 aromatic rings. The van der Waals surface area contributed by atoms with Crippen LogP contribution in [0.5, 0.6) is 0 Å². The maximum atomic E-state index is 10.1. The third-order valence-corrected chi connectivity index (χ3v) is 6.69. The lowest BCUT2D eigenvalue weighted by Crippen LogP contribution is -2.44. The summed E-state index contributed by atoms with van der Waals surface area (Å²) in [7, 11) is 0. The summed E-state index contributed by atoms with van der Waals surface area (Å²) in [6, 6.07) is 13.8. The van der Waals surface area contributed by atoms with E-state index in [-0.39, 0.29) is 22.6 Å². The van der Waals surface area contributed by atoms with Crippen LogP contribution in [0.25, 0.3) is 0 Å². The minimum absolute atomic E-state index is 0.0432. The third kappa shape index (κ3) is 2.88. The van der Waals surface area contributed by atoms with Gasteiger partial charge in [0.15, 0.2) is 5.41 Å². The predicted molar refractivity (Wildman–Crippen MR) is 108 cm³/mol. The second kappa shape index (κ2) is 7.01. The van der Waals surface area contributed by atoms with E-state index in [2.05, 4.69) is 45.1 Å². The van der Waals surface area contributed by atoms with E-state index in [9.17, 15) is 15.8 Å². The average molecular weight is 391 g/mol. The predicted octanol–water partition coefficient (Wildman–Crippen LogP) is 5.21. The van der Waals surface area contributed by atoms with Crippen molar-refractivity contribution in [1.82, 2.24) is 0 Å². The van der Waals surface area contributed by atoms with Crippen LogP contribution in [-0.4, -0.2) is 0 Å². The second-order valence-electron chi connectivity index (χ2n) is 8.73. The number of rotatable bonds is 1. The number of nitriles is 3. The molecule has 4 nitrogen and oxygen atoms in total. The summed E-state index contributed by atoms with van der Waals surface area (Å²) < 4.78 is 0. The van der Waals surface area contributed by atoms with Crippen LogP contribution < -0.4 is 5.73 Å². The molecule has 0 radical (unpaired) electrons. The molecule has 0 bridgehead atoms. The van der Waals surface area contributed by atoms with Crippen molar-refractivity contribution in [2.45, 2.75) is 39.5 Å². The number of hydrogen-bond acceptors (Lipinski definition) is 4. The monoisotopic (exact) mass is 390 g/mol. The summed E-state index contributed by atoms with van der Waals surface area (Å²) in [6.07, 6.45) is 3.70. The smallest absolute Gasteiger partial charge is 0.191 e. The van der Waals surface area contributed by atoms with Gasteiger partial charge in [0.1, 0.15) is 6.07 Å². The minimum atomic E-state index is -1.63.